The minimum Gasteiger partial charge on any atom is -0.379 e. The number of aromatic nitrogens is 3. The Kier molecular flexibility index (Phi) is 5.12. The van der Waals surface area contributed by atoms with E-state index in [2.05, 4.69) is 36.0 Å². The zero-order valence-electron chi connectivity index (χ0n) is 12.9. The summed E-state index contributed by atoms with van der Waals surface area (Å²) in [6.45, 7) is 10.9. The highest BCUT2D eigenvalue weighted by Crippen LogP contribution is 2.32. The molecule has 20 heavy (non-hydrogen) atoms. The molecule has 0 aliphatic carbocycles. The fourth-order valence-corrected chi connectivity index (χ4v) is 2.93. The smallest absolute Gasteiger partial charge is 0.0773 e. The number of hydrogen-bond acceptors (Lipinski definition) is 5. The summed E-state index contributed by atoms with van der Waals surface area (Å²) < 4.78 is 7.40. The maximum atomic E-state index is 6.61. The highest BCUT2D eigenvalue weighted by atomic mass is 16.5. The van der Waals surface area contributed by atoms with Crippen molar-refractivity contribution in [3.8, 4) is 0 Å². The van der Waals surface area contributed by atoms with E-state index < -0.39 is 0 Å². The van der Waals surface area contributed by atoms with Crippen molar-refractivity contribution in [2.24, 2.45) is 5.73 Å². The number of ether oxygens (including phenoxy) is 1. The van der Waals surface area contributed by atoms with Gasteiger partial charge < -0.3 is 10.5 Å². The van der Waals surface area contributed by atoms with Gasteiger partial charge in [-0.15, -0.1) is 5.10 Å². The van der Waals surface area contributed by atoms with Crippen molar-refractivity contribution in [2.75, 3.05) is 26.3 Å². The van der Waals surface area contributed by atoms with Crippen LogP contribution in [-0.4, -0.2) is 51.7 Å². The lowest BCUT2D eigenvalue weighted by molar-refractivity contribution is -0.0287. The fraction of sp³-hybridized carbons (Fsp3) is 0.857. The van der Waals surface area contributed by atoms with Gasteiger partial charge in [-0.05, 0) is 19.8 Å². The van der Waals surface area contributed by atoms with Gasteiger partial charge in [0.2, 0.25) is 0 Å². The van der Waals surface area contributed by atoms with E-state index in [1.165, 1.54) is 0 Å². The van der Waals surface area contributed by atoms with Gasteiger partial charge >= 0.3 is 0 Å². The second-order valence-corrected chi connectivity index (χ2v) is 5.67. The van der Waals surface area contributed by atoms with Gasteiger partial charge in [-0.25, -0.2) is 4.68 Å². The molecule has 6 nitrogen and oxygen atoms in total. The van der Waals surface area contributed by atoms with Crippen LogP contribution < -0.4 is 5.73 Å². The SMILES string of the molecule is CCCn1nncc1C(N)C(C)(CC)N1CCOCC1. The molecule has 0 spiro atoms. The van der Waals surface area contributed by atoms with Crippen LogP contribution in [0.25, 0.3) is 0 Å². The Morgan fingerprint density at radius 1 is 1.40 bits per heavy atom. The summed E-state index contributed by atoms with van der Waals surface area (Å²) in [4.78, 5) is 2.45. The van der Waals surface area contributed by atoms with E-state index in [4.69, 9.17) is 10.5 Å². The van der Waals surface area contributed by atoms with Crippen molar-refractivity contribution in [1.29, 1.82) is 0 Å². The van der Waals surface area contributed by atoms with Gasteiger partial charge in [-0.1, -0.05) is 19.1 Å². The van der Waals surface area contributed by atoms with Crippen molar-refractivity contribution < 1.29 is 4.74 Å². The van der Waals surface area contributed by atoms with Gasteiger partial charge in [0.15, 0.2) is 0 Å². The molecular formula is C14H27N5O. The number of rotatable bonds is 6. The number of nitrogens with two attached hydrogens (primary N) is 1. The fourth-order valence-electron chi connectivity index (χ4n) is 2.93. The van der Waals surface area contributed by atoms with Gasteiger partial charge in [-0.3, -0.25) is 4.90 Å². The van der Waals surface area contributed by atoms with E-state index in [1.807, 2.05) is 10.9 Å². The highest BCUT2D eigenvalue weighted by Gasteiger charge is 2.39. The van der Waals surface area contributed by atoms with Crippen molar-refractivity contribution in [2.45, 2.75) is 51.7 Å². The standard InChI is InChI=1S/C14H27N5O/c1-4-6-19-12(11-16-17-19)13(15)14(3,5-2)18-7-9-20-10-8-18/h11,13H,4-10,15H2,1-3H3. The Morgan fingerprint density at radius 2 is 2.10 bits per heavy atom. The predicted octanol–water partition coefficient (Wildman–Crippen LogP) is 1.19. The van der Waals surface area contributed by atoms with E-state index in [0.29, 0.717) is 0 Å². The maximum Gasteiger partial charge on any atom is 0.0773 e. The second-order valence-electron chi connectivity index (χ2n) is 5.67. The van der Waals surface area contributed by atoms with Gasteiger partial charge in [0, 0.05) is 25.2 Å². The third kappa shape index (κ3) is 2.87. The van der Waals surface area contributed by atoms with Crippen molar-refractivity contribution in [1.82, 2.24) is 19.9 Å². The van der Waals surface area contributed by atoms with Crippen LogP contribution in [0.15, 0.2) is 6.20 Å². The predicted molar refractivity (Wildman–Crippen MR) is 78.3 cm³/mol. The van der Waals surface area contributed by atoms with Gasteiger partial charge in [0.1, 0.15) is 0 Å². The number of hydrogen-bond donors (Lipinski definition) is 1. The molecule has 0 saturated carbocycles. The van der Waals surface area contributed by atoms with E-state index in [-0.39, 0.29) is 11.6 Å². The molecule has 2 heterocycles. The summed E-state index contributed by atoms with van der Waals surface area (Å²) >= 11 is 0. The molecule has 114 valence electrons. The minimum absolute atomic E-state index is 0.0863. The lowest BCUT2D eigenvalue weighted by atomic mass is 9.85. The van der Waals surface area contributed by atoms with Gasteiger partial charge in [0.25, 0.3) is 0 Å². The molecule has 2 atom stereocenters. The first-order valence-electron chi connectivity index (χ1n) is 7.60. The van der Waals surface area contributed by atoms with Crippen LogP contribution in [0.3, 0.4) is 0 Å². The van der Waals surface area contributed by atoms with Crippen LogP contribution in [0, 0.1) is 0 Å². The van der Waals surface area contributed by atoms with E-state index in [9.17, 15) is 0 Å². The molecule has 6 heteroatoms. The summed E-state index contributed by atoms with van der Waals surface area (Å²) in [6, 6.07) is -0.0906. The Morgan fingerprint density at radius 3 is 2.70 bits per heavy atom. The molecule has 1 saturated heterocycles. The largest absolute Gasteiger partial charge is 0.379 e. The Balaban J connectivity index is 2.22. The van der Waals surface area contributed by atoms with Crippen LogP contribution in [0.4, 0.5) is 0 Å². The van der Waals surface area contributed by atoms with Crippen LogP contribution in [0.1, 0.15) is 45.3 Å². The lowest BCUT2D eigenvalue weighted by Gasteiger charge is -2.46. The van der Waals surface area contributed by atoms with Gasteiger partial charge in [-0.2, -0.15) is 0 Å². The summed E-state index contributed by atoms with van der Waals surface area (Å²) in [6.07, 6.45) is 3.84. The van der Waals surface area contributed by atoms with Crippen LogP contribution >= 0.6 is 0 Å². The summed E-state index contributed by atoms with van der Waals surface area (Å²) in [5, 5.41) is 8.21. The van der Waals surface area contributed by atoms with E-state index >= 15 is 0 Å². The second kappa shape index (κ2) is 6.65. The Labute approximate surface area is 121 Å². The summed E-state index contributed by atoms with van der Waals surface area (Å²) in [7, 11) is 0. The molecule has 1 fully saturated rings. The maximum absolute atomic E-state index is 6.61. The van der Waals surface area contributed by atoms with Crippen LogP contribution in [0.2, 0.25) is 0 Å². The van der Waals surface area contributed by atoms with Gasteiger partial charge in [0.05, 0.1) is 31.1 Å². The molecule has 1 aliphatic heterocycles. The molecule has 0 aromatic carbocycles. The summed E-state index contributed by atoms with van der Waals surface area (Å²) in [5.74, 6) is 0. The molecule has 1 aromatic heterocycles. The highest BCUT2D eigenvalue weighted by molar-refractivity contribution is 5.11. The third-order valence-corrected chi connectivity index (χ3v) is 4.52. The first-order valence-corrected chi connectivity index (χ1v) is 7.60. The normalized spacial score (nSPS) is 21.6. The summed E-state index contributed by atoms with van der Waals surface area (Å²) in [5.41, 5.74) is 7.55. The Hall–Kier alpha value is -0.980. The number of nitrogens with zero attached hydrogens (tertiary/aromatic N) is 4. The van der Waals surface area contributed by atoms with E-state index in [0.717, 1.165) is 51.4 Å². The first-order chi connectivity index (χ1) is 9.63. The molecule has 1 aliphatic rings. The molecule has 0 bridgehead atoms. The Bertz CT molecular complexity index is 415. The molecule has 2 rings (SSSR count). The monoisotopic (exact) mass is 281 g/mol. The number of morpholine rings is 1. The topological polar surface area (TPSA) is 69.2 Å². The third-order valence-electron chi connectivity index (χ3n) is 4.52. The van der Waals surface area contributed by atoms with E-state index in [1.54, 1.807) is 0 Å². The van der Waals surface area contributed by atoms with Crippen molar-refractivity contribution in [3.63, 3.8) is 0 Å². The zero-order chi connectivity index (χ0) is 14.6. The van der Waals surface area contributed by atoms with Crippen molar-refractivity contribution in [3.05, 3.63) is 11.9 Å². The molecule has 2 unspecified atom stereocenters. The molecule has 2 N–H and O–H groups in total. The molecular weight excluding hydrogens is 254 g/mol. The first kappa shape index (κ1) is 15.4. The molecule has 1 aromatic rings. The van der Waals surface area contributed by atoms with Crippen LogP contribution in [-0.2, 0) is 11.3 Å². The lowest BCUT2D eigenvalue weighted by Crippen LogP contribution is -2.57. The quantitative estimate of drug-likeness (QED) is 0.848. The average molecular weight is 281 g/mol. The minimum atomic E-state index is -0.0906. The molecule has 0 amide bonds. The van der Waals surface area contributed by atoms with Crippen LogP contribution in [0.5, 0.6) is 0 Å². The number of aryl methyl sites for hydroxylation is 1. The van der Waals surface area contributed by atoms with Crippen molar-refractivity contribution >= 4 is 0 Å². The molecule has 0 radical (unpaired) electrons. The zero-order valence-corrected chi connectivity index (χ0v) is 12.9. The average Bonchev–Trinajstić information content (AvgIpc) is 2.95.